The van der Waals surface area contributed by atoms with Crippen LogP contribution in [-0.4, -0.2) is 23.4 Å². The molecule has 2 aromatic carbocycles. The van der Waals surface area contributed by atoms with Gasteiger partial charge in [0.25, 0.3) is 5.91 Å². The van der Waals surface area contributed by atoms with Crippen LogP contribution in [0.1, 0.15) is 24.5 Å². The second-order valence-electron chi connectivity index (χ2n) is 6.17. The van der Waals surface area contributed by atoms with Crippen molar-refractivity contribution in [1.82, 2.24) is 10.2 Å². The fraction of sp³-hybridized carbons (Fsp3) is 0.200. The molecule has 1 saturated heterocycles. The molecule has 1 fully saturated rings. The molecule has 1 N–H and O–H groups in total. The largest absolute Gasteiger partial charge is 0.487 e. The van der Waals surface area contributed by atoms with E-state index in [1.165, 1.54) is 8.47 Å². The van der Waals surface area contributed by atoms with Crippen LogP contribution in [-0.2, 0) is 11.4 Å². The number of nitrogens with one attached hydrogen (secondary N) is 1. The van der Waals surface area contributed by atoms with Crippen molar-refractivity contribution in [1.29, 1.82) is 0 Å². The lowest BCUT2D eigenvalue weighted by molar-refractivity contribution is -0.122. The lowest BCUT2D eigenvalue weighted by atomic mass is 10.2. The molecule has 1 aliphatic rings. The lowest BCUT2D eigenvalue weighted by Crippen LogP contribution is -2.31. The molecule has 8 heteroatoms. The summed E-state index contributed by atoms with van der Waals surface area (Å²) in [5, 5.41) is 2.63. The highest BCUT2D eigenvalue weighted by Crippen LogP contribution is 2.36. The number of halogens is 3. The summed E-state index contributed by atoms with van der Waals surface area (Å²) in [5.74, 6) is 0.369. The number of rotatable bonds is 6. The van der Waals surface area contributed by atoms with Crippen LogP contribution in [0, 0.1) is 3.57 Å². The van der Waals surface area contributed by atoms with Crippen molar-refractivity contribution in [3.05, 3.63) is 65.7 Å². The fourth-order valence-electron chi connectivity index (χ4n) is 2.70. The van der Waals surface area contributed by atoms with Gasteiger partial charge in [-0.15, -0.1) is 0 Å². The average Bonchev–Trinajstić information content (AvgIpc) is 2.90. The molecule has 0 saturated carbocycles. The minimum Gasteiger partial charge on any atom is -0.487 e. The zero-order valence-electron chi connectivity index (χ0n) is 15.0. The minimum absolute atomic E-state index is 0.268. The first-order valence-corrected chi connectivity index (χ1v) is 11.3. The standard InChI is InChI=1S/C20H17Br2IN2O3/c1-2-7-25-19(26)17(24-20(25)27)10-13-8-15(21)18(16(22)9-13)28-11-12-3-5-14(23)6-4-12/h3-6,8-10H,2,7,11H2,1H3,(H,24,27)/b17-10+. The molecule has 146 valence electrons. The Bertz CT molecular complexity index is 922. The van der Waals surface area contributed by atoms with Gasteiger partial charge in [0.05, 0.1) is 8.95 Å². The van der Waals surface area contributed by atoms with Crippen molar-refractivity contribution in [2.75, 3.05) is 6.54 Å². The van der Waals surface area contributed by atoms with E-state index in [9.17, 15) is 9.59 Å². The number of carbonyl (C=O) groups excluding carboxylic acids is 2. The maximum absolute atomic E-state index is 12.4. The first-order valence-electron chi connectivity index (χ1n) is 8.60. The summed E-state index contributed by atoms with van der Waals surface area (Å²) in [6.45, 7) is 2.77. The normalized spacial score (nSPS) is 15.3. The Morgan fingerprint density at radius 1 is 1.14 bits per heavy atom. The van der Waals surface area contributed by atoms with Gasteiger partial charge < -0.3 is 10.1 Å². The van der Waals surface area contributed by atoms with Gasteiger partial charge in [-0.2, -0.15) is 0 Å². The van der Waals surface area contributed by atoms with Crippen molar-refractivity contribution in [3.8, 4) is 5.75 Å². The molecule has 5 nitrogen and oxygen atoms in total. The van der Waals surface area contributed by atoms with E-state index in [1.807, 2.05) is 43.3 Å². The zero-order chi connectivity index (χ0) is 20.3. The number of benzene rings is 2. The first kappa shape index (κ1) is 21.3. The highest BCUT2D eigenvalue weighted by atomic mass is 127. The number of imide groups is 1. The summed E-state index contributed by atoms with van der Waals surface area (Å²) in [6.07, 6.45) is 2.38. The fourth-order valence-corrected chi connectivity index (χ4v) is 4.51. The maximum Gasteiger partial charge on any atom is 0.329 e. The average molecular weight is 620 g/mol. The van der Waals surface area contributed by atoms with Crippen molar-refractivity contribution in [2.24, 2.45) is 0 Å². The van der Waals surface area contributed by atoms with E-state index in [4.69, 9.17) is 4.74 Å². The van der Waals surface area contributed by atoms with Crippen LogP contribution in [0.25, 0.3) is 6.08 Å². The molecule has 3 amide bonds. The van der Waals surface area contributed by atoms with Gasteiger partial charge in [-0.1, -0.05) is 19.1 Å². The van der Waals surface area contributed by atoms with E-state index < -0.39 is 0 Å². The SMILES string of the molecule is CCCN1C(=O)N/C(=C/c2cc(Br)c(OCc3ccc(I)cc3)c(Br)c2)C1=O. The van der Waals surface area contributed by atoms with Crippen LogP contribution in [0.2, 0.25) is 0 Å². The zero-order valence-corrected chi connectivity index (χ0v) is 20.3. The van der Waals surface area contributed by atoms with E-state index in [2.05, 4.69) is 59.8 Å². The first-order chi connectivity index (χ1) is 13.4. The summed E-state index contributed by atoms with van der Waals surface area (Å²) < 4.78 is 8.62. The van der Waals surface area contributed by atoms with Gasteiger partial charge in [-0.25, -0.2) is 4.79 Å². The summed E-state index contributed by atoms with van der Waals surface area (Å²) in [4.78, 5) is 25.5. The Kier molecular flexibility index (Phi) is 7.16. The molecule has 2 aromatic rings. The van der Waals surface area contributed by atoms with Gasteiger partial charge in [0.15, 0.2) is 0 Å². The van der Waals surface area contributed by atoms with Gasteiger partial charge >= 0.3 is 6.03 Å². The minimum atomic E-state index is -0.381. The third-order valence-electron chi connectivity index (χ3n) is 4.04. The number of nitrogens with zero attached hydrogens (tertiary/aromatic N) is 1. The molecular formula is C20H17Br2IN2O3. The van der Waals surface area contributed by atoms with E-state index in [0.717, 1.165) is 26.5 Å². The van der Waals surface area contributed by atoms with Crippen LogP contribution in [0.3, 0.4) is 0 Å². The van der Waals surface area contributed by atoms with Gasteiger partial charge in [-0.3, -0.25) is 9.69 Å². The number of ether oxygens (including phenoxy) is 1. The molecule has 0 unspecified atom stereocenters. The van der Waals surface area contributed by atoms with Crippen LogP contribution in [0.5, 0.6) is 5.75 Å². The third-order valence-corrected chi connectivity index (χ3v) is 5.93. The van der Waals surface area contributed by atoms with Crippen LogP contribution >= 0.6 is 54.5 Å². The molecular weight excluding hydrogens is 603 g/mol. The number of hydrogen-bond donors (Lipinski definition) is 1. The van der Waals surface area contributed by atoms with Crippen molar-refractivity contribution in [2.45, 2.75) is 20.0 Å². The Hall–Kier alpha value is -1.39. The number of carbonyl (C=O) groups is 2. The van der Waals surface area contributed by atoms with E-state index in [0.29, 0.717) is 18.9 Å². The van der Waals surface area contributed by atoms with E-state index in [-0.39, 0.29) is 17.6 Å². The van der Waals surface area contributed by atoms with Gasteiger partial charge in [0.1, 0.15) is 18.1 Å². The molecule has 28 heavy (non-hydrogen) atoms. The molecule has 1 aliphatic heterocycles. The third kappa shape index (κ3) is 4.96. The van der Waals surface area contributed by atoms with Crippen LogP contribution in [0.4, 0.5) is 4.79 Å². The van der Waals surface area contributed by atoms with Crippen molar-refractivity contribution < 1.29 is 14.3 Å². The molecule has 0 aliphatic carbocycles. The van der Waals surface area contributed by atoms with Gasteiger partial charge in [0.2, 0.25) is 0 Å². The number of urea groups is 1. The highest BCUT2D eigenvalue weighted by molar-refractivity contribution is 14.1. The quantitative estimate of drug-likeness (QED) is 0.257. The monoisotopic (exact) mass is 618 g/mol. The summed E-state index contributed by atoms with van der Waals surface area (Å²) in [6, 6.07) is 11.4. The molecule has 0 radical (unpaired) electrons. The summed E-state index contributed by atoms with van der Waals surface area (Å²) >= 11 is 9.32. The molecule has 3 rings (SSSR count). The second kappa shape index (κ2) is 9.41. The number of amides is 3. The topological polar surface area (TPSA) is 58.6 Å². The molecule has 0 aromatic heterocycles. The van der Waals surface area contributed by atoms with Crippen LogP contribution in [0.15, 0.2) is 51.0 Å². The van der Waals surface area contributed by atoms with Gasteiger partial charge in [-0.05, 0) is 102 Å². The summed E-state index contributed by atoms with van der Waals surface area (Å²) in [7, 11) is 0. The van der Waals surface area contributed by atoms with E-state index >= 15 is 0 Å². The van der Waals surface area contributed by atoms with Crippen LogP contribution < -0.4 is 10.1 Å². The maximum atomic E-state index is 12.4. The molecule has 0 bridgehead atoms. The second-order valence-corrected chi connectivity index (χ2v) is 9.13. The predicted octanol–water partition coefficient (Wildman–Crippen LogP) is 5.70. The Balaban J connectivity index is 1.77. The molecule has 1 heterocycles. The molecule has 0 spiro atoms. The Morgan fingerprint density at radius 3 is 2.39 bits per heavy atom. The Morgan fingerprint density at radius 2 is 1.79 bits per heavy atom. The Labute approximate surface area is 193 Å². The number of hydrogen-bond acceptors (Lipinski definition) is 3. The smallest absolute Gasteiger partial charge is 0.329 e. The molecule has 0 atom stereocenters. The summed E-state index contributed by atoms with van der Waals surface area (Å²) in [5.41, 5.74) is 2.10. The van der Waals surface area contributed by atoms with Gasteiger partial charge in [0, 0.05) is 10.1 Å². The predicted molar refractivity (Wildman–Crippen MR) is 124 cm³/mol. The lowest BCUT2D eigenvalue weighted by Gasteiger charge is -2.12. The van der Waals surface area contributed by atoms with Crippen molar-refractivity contribution >= 4 is 72.5 Å². The van der Waals surface area contributed by atoms with Crippen molar-refractivity contribution in [3.63, 3.8) is 0 Å². The van der Waals surface area contributed by atoms with E-state index in [1.54, 1.807) is 6.08 Å². The highest BCUT2D eigenvalue weighted by Gasteiger charge is 2.32.